The minimum atomic E-state index is -0.391. The number of nitrogens with one attached hydrogen (secondary N) is 1. The molecule has 0 aliphatic carbocycles. The summed E-state index contributed by atoms with van der Waals surface area (Å²) < 4.78 is 13.2. The van der Waals surface area contributed by atoms with Crippen molar-refractivity contribution in [3.63, 3.8) is 0 Å². The van der Waals surface area contributed by atoms with Gasteiger partial charge >= 0.3 is 0 Å². The van der Waals surface area contributed by atoms with E-state index < -0.39 is 6.67 Å². The van der Waals surface area contributed by atoms with Crippen molar-refractivity contribution in [2.75, 3.05) is 6.67 Å². The zero-order valence-electron chi connectivity index (χ0n) is 10.6. The van der Waals surface area contributed by atoms with Gasteiger partial charge in [0, 0.05) is 6.54 Å². The van der Waals surface area contributed by atoms with Crippen LogP contribution in [0.25, 0.3) is 0 Å². The van der Waals surface area contributed by atoms with E-state index in [4.69, 9.17) is 0 Å². The van der Waals surface area contributed by atoms with Crippen molar-refractivity contribution in [2.24, 2.45) is 0 Å². The Hall–Kier alpha value is -1.67. The van der Waals surface area contributed by atoms with Gasteiger partial charge in [0.15, 0.2) is 0 Å². The molecule has 1 nitrogen and oxygen atoms in total. The van der Waals surface area contributed by atoms with E-state index in [1.165, 1.54) is 5.56 Å². The third-order valence-electron chi connectivity index (χ3n) is 3.11. The summed E-state index contributed by atoms with van der Waals surface area (Å²) in [4.78, 5) is 0. The number of hydrogen-bond acceptors (Lipinski definition) is 1. The van der Waals surface area contributed by atoms with Crippen molar-refractivity contribution in [1.82, 2.24) is 5.32 Å². The molecule has 0 heterocycles. The SMILES string of the molecule is Cc1ccccc1C(CF)NCc1ccccc1. The number of alkyl halides is 1. The molecular weight excluding hydrogens is 225 g/mol. The van der Waals surface area contributed by atoms with Crippen LogP contribution in [-0.4, -0.2) is 6.67 Å². The maximum absolute atomic E-state index is 13.2. The van der Waals surface area contributed by atoms with Crippen molar-refractivity contribution in [3.8, 4) is 0 Å². The van der Waals surface area contributed by atoms with Crippen molar-refractivity contribution >= 4 is 0 Å². The van der Waals surface area contributed by atoms with Gasteiger partial charge in [0.05, 0.1) is 6.04 Å². The van der Waals surface area contributed by atoms with Gasteiger partial charge in [0.25, 0.3) is 0 Å². The Morgan fingerprint density at radius 1 is 1.00 bits per heavy atom. The monoisotopic (exact) mass is 243 g/mol. The van der Waals surface area contributed by atoms with E-state index in [1.54, 1.807) is 0 Å². The van der Waals surface area contributed by atoms with Crippen molar-refractivity contribution in [2.45, 2.75) is 19.5 Å². The highest BCUT2D eigenvalue weighted by molar-refractivity contribution is 5.29. The summed E-state index contributed by atoms with van der Waals surface area (Å²) in [5.74, 6) is 0. The molecule has 0 radical (unpaired) electrons. The van der Waals surface area contributed by atoms with Gasteiger partial charge in [-0.2, -0.15) is 0 Å². The topological polar surface area (TPSA) is 12.0 Å². The lowest BCUT2D eigenvalue weighted by molar-refractivity contribution is 0.380. The van der Waals surface area contributed by atoms with E-state index in [-0.39, 0.29) is 6.04 Å². The lowest BCUT2D eigenvalue weighted by Crippen LogP contribution is -2.23. The molecule has 0 aliphatic heterocycles. The minimum absolute atomic E-state index is 0.230. The largest absolute Gasteiger partial charge is 0.304 e. The number of benzene rings is 2. The first-order chi connectivity index (χ1) is 8.81. The van der Waals surface area contributed by atoms with Gasteiger partial charge in [-0.05, 0) is 23.6 Å². The van der Waals surface area contributed by atoms with E-state index in [0.717, 1.165) is 11.1 Å². The summed E-state index contributed by atoms with van der Waals surface area (Å²) in [5.41, 5.74) is 3.33. The van der Waals surface area contributed by atoms with E-state index in [9.17, 15) is 4.39 Å². The Balaban J connectivity index is 2.04. The van der Waals surface area contributed by atoms with E-state index in [0.29, 0.717) is 6.54 Å². The first-order valence-corrected chi connectivity index (χ1v) is 6.20. The highest BCUT2D eigenvalue weighted by Crippen LogP contribution is 2.18. The van der Waals surface area contributed by atoms with Gasteiger partial charge in [0.1, 0.15) is 6.67 Å². The predicted octanol–water partition coefficient (Wildman–Crippen LogP) is 3.80. The molecule has 0 saturated carbocycles. The smallest absolute Gasteiger partial charge is 0.109 e. The molecule has 0 bridgehead atoms. The number of aryl methyl sites for hydroxylation is 1. The molecule has 1 N–H and O–H groups in total. The second-order valence-corrected chi connectivity index (χ2v) is 4.43. The lowest BCUT2D eigenvalue weighted by atomic mass is 10.0. The standard InChI is InChI=1S/C16H18FN/c1-13-7-5-6-10-15(13)16(11-17)18-12-14-8-3-2-4-9-14/h2-10,16,18H,11-12H2,1H3. The average molecular weight is 243 g/mol. The molecule has 2 rings (SSSR count). The van der Waals surface area contributed by atoms with E-state index in [1.807, 2.05) is 61.5 Å². The molecule has 0 spiro atoms. The Morgan fingerprint density at radius 2 is 1.67 bits per heavy atom. The summed E-state index contributed by atoms with van der Waals surface area (Å²) in [5, 5.41) is 3.27. The molecule has 1 unspecified atom stereocenters. The zero-order chi connectivity index (χ0) is 12.8. The van der Waals surface area contributed by atoms with Gasteiger partial charge in [-0.15, -0.1) is 0 Å². The van der Waals surface area contributed by atoms with E-state index in [2.05, 4.69) is 5.32 Å². The van der Waals surface area contributed by atoms with Gasteiger partial charge in [-0.25, -0.2) is 4.39 Å². The van der Waals surface area contributed by atoms with Crippen molar-refractivity contribution < 1.29 is 4.39 Å². The highest BCUT2D eigenvalue weighted by Gasteiger charge is 2.12. The summed E-state index contributed by atoms with van der Waals surface area (Å²) in [6.45, 7) is 2.31. The third kappa shape index (κ3) is 3.17. The van der Waals surface area contributed by atoms with Gasteiger partial charge < -0.3 is 5.32 Å². The van der Waals surface area contributed by atoms with Gasteiger partial charge in [-0.3, -0.25) is 0 Å². The third-order valence-corrected chi connectivity index (χ3v) is 3.11. The Labute approximate surface area is 108 Å². The summed E-state index contributed by atoms with van der Waals surface area (Å²) in [6, 6.07) is 17.8. The second-order valence-electron chi connectivity index (χ2n) is 4.43. The van der Waals surface area contributed by atoms with Gasteiger partial charge in [-0.1, -0.05) is 54.6 Å². The average Bonchev–Trinajstić information content (AvgIpc) is 2.42. The van der Waals surface area contributed by atoms with E-state index >= 15 is 0 Å². The molecule has 2 aromatic rings. The molecule has 2 heteroatoms. The normalized spacial score (nSPS) is 12.3. The molecule has 0 fully saturated rings. The second kappa shape index (κ2) is 6.31. The molecule has 0 amide bonds. The summed E-state index contributed by atoms with van der Waals surface area (Å²) >= 11 is 0. The lowest BCUT2D eigenvalue weighted by Gasteiger charge is -2.18. The maximum atomic E-state index is 13.2. The molecule has 94 valence electrons. The van der Waals surface area contributed by atoms with Crippen molar-refractivity contribution in [3.05, 3.63) is 71.3 Å². The minimum Gasteiger partial charge on any atom is -0.304 e. The molecule has 0 aromatic heterocycles. The van der Waals surface area contributed by atoms with Crippen LogP contribution in [0.1, 0.15) is 22.7 Å². The fourth-order valence-electron chi connectivity index (χ4n) is 2.06. The summed E-state index contributed by atoms with van der Waals surface area (Å²) in [6.07, 6.45) is 0. The quantitative estimate of drug-likeness (QED) is 0.842. The fourth-order valence-corrected chi connectivity index (χ4v) is 2.06. The number of hydrogen-bond donors (Lipinski definition) is 1. The fraction of sp³-hybridized carbons (Fsp3) is 0.250. The Kier molecular flexibility index (Phi) is 4.48. The van der Waals surface area contributed by atoms with Crippen LogP contribution < -0.4 is 5.32 Å². The molecule has 18 heavy (non-hydrogen) atoms. The maximum Gasteiger partial charge on any atom is 0.109 e. The van der Waals surface area contributed by atoms with Crippen LogP contribution in [-0.2, 0) is 6.54 Å². The molecule has 0 saturated heterocycles. The van der Waals surface area contributed by atoms with Crippen LogP contribution in [0.3, 0.4) is 0 Å². The van der Waals surface area contributed by atoms with Crippen LogP contribution in [0.15, 0.2) is 54.6 Å². The van der Waals surface area contributed by atoms with Crippen LogP contribution >= 0.6 is 0 Å². The van der Waals surface area contributed by atoms with Crippen molar-refractivity contribution in [1.29, 1.82) is 0 Å². The van der Waals surface area contributed by atoms with Gasteiger partial charge in [0.2, 0.25) is 0 Å². The number of rotatable bonds is 5. The number of halogens is 1. The Morgan fingerprint density at radius 3 is 2.33 bits per heavy atom. The van der Waals surface area contributed by atoms with Crippen LogP contribution in [0.5, 0.6) is 0 Å². The Bertz CT molecular complexity index is 481. The highest BCUT2D eigenvalue weighted by atomic mass is 19.1. The summed E-state index contributed by atoms with van der Waals surface area (Å²) in [7, 11) is 0. The van der Waals surface area contributed by atoms with Crippen LogP contribution in [0.4, 0.5) is 4.39 Å². The first kappa shape index (κ1) is 12.8. The van der Waals surface area contributed by atoms with Crippen LogP contribution in [0.2, 0.25) is 0 Å². The first-order valence-electron chi connectivity index (χ1n) is 6.20. The molecule has 0 aliphatic rings. The molecule has 1 atom stereocenters. The van der Waals surface area contributed by atoms with Crippen LogP contribution in [0, 0.1) is 6.92 Å². The predicted molar refractivity (Wildman–Crippen MR) is 73.2 cm³/mol. The zero-order valence-corrected chi connectivity index (χ0v) is 10.6. The molecule has 2 aromatic carbocycles. The molecular formula is C16H18FN.